The highest BCUT2D eigenvalue weighted by atomic mass is 19.4. The minimum Gasteiger partial charge on any atom is -0.494 e. The number of carbonyl (C=O) groups excluding carboxylic acids is 1. The van der Waals surface area contributed by atoms with Gasteiger partial charge >= 0.3 is 6.18 Å². The Morgan fingerprint density at radius 3 is 2.34 bits per heavy atom. The van der Waals surface area contributed by atoms with Gasteiger partial charge in [-0.15, -0.1) is 0 Å². The number of nitrogens with one attached hydrogen (secondary N) is 1. The standard InChI is InChI=1S/C25H33F3N2O2/c1-4-5-6-7-8-9-14-32-21-13-12-18-15-20(11-10-19(18)16-21)22(25(26,27)28)30-17-24(2,3)23(31)29-30/h10-13,15-16,22H,4-9,14,17H2,1-3H3,(H,29,31)/t22-/m0/s1. The maximum absolute atomic E-state index is 14.0. The fraction of sp³-hybridized carbons (Fsp3) is 0.560. The molecule has 1 fully saturated rings. The molecule has 32 heavy (non-hydrogen) atoms. The van der Waals surface area contributed by atoms with Crippen LogP contribution in [0.1, 0.15) is 70.9 Å². The summed E-state index contributed by atoms with van der Waals surface area (Å²) in [4.78, 5) is 12.1. The number of carbonyl (C=O) groups is 1. The van der Waals surface area contributed by atoms with Gasteiger partial charge in [-0.05, 0) is 54.8 Å². The Morgan fingerprint density at radius 2 is 1.69 bits per heavy atom. The van der Waals surface area contributed by atoms with Crippen LogP contribution < -0.4 is 10.2 Å². The van der Waals surface area contributed by atoms with E-state index in [0.29, 0.717) is 12.0 Å². The molecule has 1 atom stereocenters. The maximum atomic E-state index is 14.0. The summed E-state index contributed by atoms with van der Waals surface area (Å²) in [6, 6.07) is 8.25. The van der Waals surface area contributed by atoms with Crippen LogP contribution in [-0.2, 0) is 4.79 Å². The summed E-state index contributed by atoms with van der Waals surface area (Å²) in [5.74, 6) is 0.319. The van der Waals surface area contributed by atoms with Gasteiger partial charge in [0.15, 0.2) is 0 Å². The third kappa shape index (κ3) is 5.94. The molecule has 4 nitrogen and oxygen atoms in total. The third-order valence-corrected chi connectivity index (χ3v) is 5.97. The molecule has 1 heterocycles. The molecule has 0 saturated carbocycles. The molecule has 1 aliphatic heterocycles. The monoisotopic (exact) mass is 450 g/mol. The van der Waals surface area contributed by atoms with Crippen molar-refractivity contribution in [2.24, 2.45) is 5.41 Å². The summed E-state index contributed by atoms with van der Waals surface area (Å²) in [6.07, 6.45) is 2.57. The van der Waals surface area contributed by atoms with E-state index in [1.807, 2.05) is 6.07 Å². The van der Waals surface area contributed by atoms with Crippen molar-refractivity contribution in [1.82, 2.24) is 10.4 Å². The molecule has 0 unspecified atom stereocenters. The second kappa shape index (κ2) is 10.1. The van der Waals surface area contributed by atoms with Crippen LogP contribution in [0.25, 0.3) is 10.8 Å². The van der Waals surface area contributed by atoms with E-state index in [0.717, 1.165) is 29.0 Å². The normalized spacial score (nSPS) is 17.5. The first-order valence-corrected chi connectivity index (χ1v) is 11.4. The highest BCUT2D eigenvalue weighted by molar-refractivity contribution is 5.85. The van der Waals surface area contributed by atoms with Crippen molar-refractivity contribution in [2.45, 2.75) is 71.5 Å². The van der Waals surface area contributed by atoms with E-state index < -0.39 is 23.5 Å². The first-order valence-electron chi connectivity index (χ1n) is 11.4. The van der Waals surface area contributed by atoms with E-state index in [1.165, 1.54) is 31.7 Å². The van der Waals surface area contributed by atoms with Crippen LogP contribution in [0.2, 0.25) is 0 Å². The summed E-state index contributed by atoms with van der Waals surface area (Å²) in [7, 11) is 0. The Kier molecular flexibility index (Phi) is 7.70. The number of rotatable bonds is 10. The van der Waals surface area contributed by atoms with Crippen LogP contribution in [0, 0.1) is 5.41 Å². The second-order valence-electron chi connectivity index (χ2n) is 9.28. The van der Waals surface area contributed by atoms with E-state index in [-0.39, 0.29) is 12.1 Å². The Hall–Kier alpha value is -2.28. The SMILES string of the molecule is CCCCCCCCOc1ccc2cc([C@H](N3CC(C)(C)C(=O)N3)C(F)(F)F)ccc2c1. The molecule has 1 aliphatic rings. The number of ether oxygens (including phenoxy) is 1. The average molecular weight is 451 g/mol. The highest BCUT2D eigenvalue weighted by Crippen LogP contribution is 2.41. The van der Waals surface area contributed by atoms with E-state index in [4.69, 9.17) is 4.74 Å². The number of hydrazine groups is 1. The fourth-order valence-corrected chi connectivity index (χ4v) is 4.09. The Bertz CT molecular complexity index is 927. The number of benzene rings is 2. The number of hydrogen-bond donors (Lipinski definition) is 1. The minimum absolute atomic E-state index is 0.0146. The van der Waals surface area contributed by atoms with Gasteiger partial charge in [0.2, 0.25) is 5.91 Å². The first kappa shape index (κ1) is 24.4. The third-order valence-electron chi connectivity index (χ3n) is 5.97. The van der Waals surface area contributed by atoms with E-state index in [1.54, 1.807) is 38.1 Å². The van der Waals surface area contributed by atoms with Crippen molar-refractivity contribution in [3.8, 4) is 5.75 Å². The summed E-state index contributed by atoms with van der Waals surface area (Å²) in [5.41, 5.74) is 1.63. The molecular weight excluding hydrogens is 417 g/mol. The molecule has 1 N–H and O–H groups in total. The number of fused-ring (bicyclic) bond motifs is 1. The molecule has 0 spiro atoms. The molecule has 176 valence electrons. The van der Waals surface area contributed by atoms with E-state index in [9.17, 15) is 18.0 Å². The minimum atomic E-state index is -4.53. The van der Waals surface area contributed by atoms with Crippen LogP contribution >= 0.6 is 0 Å². The van der Waals surface area contributed by atoms with Gasteiger partial charge < -0.3 is 4.74 Å². The number of nitrogens with zero attached hydrogens (tertiary/aromatic N) is 1. The van der Waals surface area contributed by atoms with Crippen molar-refractivity contribution >= 4 is 16.7 Å². The second-order valence-corrected chi connectivity index (χ2v) is 9.28. The fourth-order valence-electron chi connectivity index (χ4n) is 4.09. The summed E-state index contributed by atoms with van der Waals surface area (Å²) in [6.45, 7) is 6.10. The van der Waals surface area contributed by atoms with Crippen molar-refractivity contribution in [1.29, 1.82) is 0 Å². The molecule has 2 aromatic carbocycles. The van der Waals surface area contributed by atoms with Crippen LogP contribution in [-0.4, -0.2) is 30.2 Å². The van der Waals surface area contributed by atoms with Gasteiger partial charge in [0.25, 0.3) is 0 Å². The topological polar surface area (TPSA) is 41.6 Å². The van der Waals surface area contributed by atoms with Crippen molar-refractivity contribution in [3.05, 3.63) is 42.0 Å². The van der Waals surface area contributed by atoms with Gasteiger partial charge in [0.1, 0.15) is 11.8 Å². The predicted octanol–water partition coefficient (Wildman–Crippen LogP) is 6.56. The summed E-state index contributed by atoms with van der Waals surface area (Å²) >= 11 is 0. The molecule has 1 saturated heterocycles. The molecule has 1 amide bonds. The number of amides is 1. The lowest BCUT2D eigenvalue weighted by molar-refractivity contribution is -0.191. The molecule has 0 aromatic heterocycles. The Morgan fingerprint density at radius 1 is 1.03 bits per heavy atom. The van der Waals surface area contributed by atoms with Gasteiger partial charge in [-0.1, -0.05) is 57.2 Å². The highest BCUT2D eigenvalue weighted by Gasteiger charge is 2.51. The number of halogens is 3. The molecule has 2 aromatic rings. The molecule has 3 rings (SSSR count). The average Bonchev–Trinajstić information content (AvgIpc) is 2.98. The lowest BCUT2D eigenvalue weighted by atomic mass is 9.93. The lowest BCUT2D eigenvalue weighted by Crippen LogP contribution is -2.43. The number of alkyl halides is 3. The Labute approximate surface area is 188 Å². The van der Waals surface area contributed by atoms with Crippen molar-refractivity contribution < 1.29 is 22.7 Å². The van der Waals surface area contributed by atoms with Crippen molar-refractivity contribution in [3.63, 3.8) is 0 Å². The lowest BCUT2D eigenvalue weighted by Gasteiger charge is -2.30. The molecule has 0 bridgehead atoms. The van der Waals surface area contributed by atoms with Crippen LogP contribution in [0.3, 0.4) is 0 Å². The quantitative estimate of drug-likeness (QED) is 0.417. The first-order chi connectivity index (χ1) is 15.1. The molecule has 7 heteroatoms. The zero-order chi connectivity index (χ0) is 23.4. The Balaban J connectivity index is 1.70. The van der Waals surface area contributed by atoms with E-state index >= 15 is 0 Å². The van der Waals surface area contributed by atoms with Gasteiger partial charge in [0, 0.05) is 6.54 Å². The van der Waals surface area contributed by atoms with Gasteiger partial charge in [-0.25, -0.2) is 5.01 Å². The predicted molar refractivity (Wildman–Crippen MR) is 120 cm³/mol. The van der Waals surface area contributed by atoms with Crippen LogP contribution in [0.5, 0.6) is 5.75 Å². The van der Waals surface area contributed by atoms with E-state index in [2.05, 4.69) is 12.3 Å². The smallest absolute Gasteiger partial charge is 0.409 e. The number of hydrogen-bond acceptors (Lipinski definition) is 3. The van der Waals surface area contributed by atoms with Crippen LogP contribution in [0.15, 0.2) is 36.4 Å². The van der Waals surface area contributed by atoms with Gasteiger partial charge in [-0.3, -0.25) is 10.2 Å². The van der Waals surface area contributed by atoms with Gasteiger partial charge in [-0.2, -0.15) is 13.2 Å². The van der Waals surface area contributed by atoms with Gasteiger partial charge in [0.05, 0.1) is 12.0 Å². The number of unbranched alkanes of at least 4 members (excludes halogenated alkanes) is 5. The van der Waals surface area contributed by atoms with Crippen LogP contribution in [0.4, 0.5) is 13.2 Å². The van der Waals surface area contributed by atoms with Crippen molar-refractivity contribution in [2.75, 3.05) is 13.2 Å². The molecular formula is C25H33F3N2O2. The summed E-state index contributed by atoms with van der Waals surface area (Å²) < 4.78 is 47.7. The molecule has 0 radical (unpaired) electrons. The zero-order valence-corrected chi connectivity index (χ0v) is 19.1. The largest absolute Gasteiger partial charge is 0.494 e. The molecule has 0 aliphatic carbocycles. The summed E-state index contributed by atoms with van der Waals surface area (Å²) in [5, 5.41) is 2.52. The zero-order valence-electron chi connectivity index (χ0n) is 19.1. The maximum Gasteiger partial charge on any atom is 0.409 e.